The molecule has 18 heavy (non-hydrogen) atoms. The Labute approximate surface area is 109 Å². The summed E-state index contributed by atoms with van der Waals surface area (Å²) in [5.74, 6) is 0.485. The zero-order valence-electron chi connectivity index (χ0n) is 11.4. The van der Waals surface area contributed by atoms with E-state index >= 15 is 0 Å². The van der Waals surface area contributed by atoms with Crippen LogP contribution in [-0.2, 0) is 9.53 Å². The van der Waals surface area contributed by atoms with Gasteiger partial charge in [-0.3, -0.25) is 4.79 Å². The van der Waals surface area contributed by atoms with E-state index in [2.05, 4.69) is 16.8 Å². The van der Waals surface area contributed by atoms with Gasteiger partial charge >= 0.3 is 0 Å². The minimum Gasteiger partial charge on any atom is -0.381 e. The number of piperidine rings is 1. The first-order chi connectivity index (χ1) is 8.69. The minimum atomic E-state index is 0.144. The van der Waals surface area contributed by atoms with Crippen LogP contribution in [0.3, 0.4) is 0 Å². The van der Waals surface area contributed by atoms with Crippen LogP contribution in [0.5, 0.6) is 0 Å². The molecule has 3 aliphatic heterocycles. The molecule has 3 heterocycles. The average molecular weight is 252 g/mol. The van der Waals surface area contributed by atoms with Crippen LogP contribution >= 0.6 is 0 Å². The Kier molecular flexibility index (Phi) is 3.32. The number of ether oxygens (including phenoxy) is 1. The van der Waals surface area contributed by atoms with Crippen molar-refractivity contribution in [1.29, 1.82) is 0 Å². The number of carbonyl (C=O) groups excluding carboxylic acids is 1. The van der Waals surface area contributed by atoms with E-state index in [9.17, 15) is 4.79 Å². The molecule has 0 aromatic rings. The van der Waals surface area contributed by atoms with Gasteiger partial charge in [-0.15, -0.1) is 0 Å². The molecule has 0 saturated carbocycles. The summed E-state index contributed by atoms with van der Waals surface area (Å²) in [6.45, 7) is 5.78. The van der Waals surface area contributed by atoms with Crippen LogP contribution in [0, 0.1) is 11.3 Å². The van der Waals surface area contributed by atoms with Gasteiger partial charge in [-0.2, -0.15) is 0 Å². The fourth-order valence-corrected chi connectivity index (χ4v) is 3.76. The van der Waals surface area contributed by atoms with Crippen molar-refractivity contribution in [3.8, 4) is 0 Å². The van der Waals surface area contributed by atoms with Gasteiger partial charge in [0.15, 0.2) is 0 Å². The van der Waals surface area contributed by atoms with E-state index in [1.165, 1.54) is 32.4 Å². The average Bonchev–Trinajstić information content (AvgIpc) is 3.00. The fourth-order valence-electron chi connectivity index (χ4n) is 3.76. The van der Waals surface area contributed by atoms with E-state index in [1.54, 1.807) is 0 Å². The van der Waals surface area contributed by atoms with Crippen LogP contribution in [0.2, 0.25) is 0 Å². The third kappa shape index (κ3) is 2.28. The Morgan fingerprint density at radius 1 is 1.22 bits per heavy atom. The van der Waals surface area contributed by atoms with Crippen molar-refractivity contribution in [2.75, 3.05) is 46.4 Å². The molecule has 3 fully saturated rings. The summed E-state index contributed by atoms with van der Waals surface area (Å²) >= 11 is 0. The van der Waals surface area contributed by atoms with Gasteiger partial charge in [0.2, 0.25) is 5.91 Å². The lowest BCUT2D eigenvalue weighted by Gasteiger charge is -2.40. The van der Waals surface area contributed by atoms with E-state index in [-0.39, 0.29) is 5.92 Å². The zero-order valence-corrected chi connectivity index (χ0v) is 11.4. The molecular weight excluding hydrogens is 228 g/mol. The van der Waals surface area contributed by atoms with Crippen molar-refractivity contribution in [2.45, 2.75) is 25.7 Å². The number of hydrogen-bond acceptors (Lipinski definition) is 3. The predicted molar refractivity (Wildman–Crippen MR) is 69.3 cm³/mol. The molecule has 0 aromatic carbocycles. The topological polar surface area (TPSA) is 32.8 Å². The Hall–Kier alpha value is -0.610. The number of carbonyl (C=O) groups is 1. The van der Waals surface area contributed by atoms with Gasteiger partial charge in [0, 0.05) is 26.2 Å². The lowest BCUT2D eigenvalue weighted by atomic mass is 9.77. The Morgan fingerprint density at radius 3 is 2.50 bits per heavy atom. The molecule has 1 spiro atoms. The fraction of sp³-hybridized carbons (Fsp3) is 0.929. The van der Waals surface area contributed by atoms with E-state index in [0.717, 1.165) is 26.1 Å². The van der Waals surface area contributed by atoms with Gasteiger partial charge in [0.25, 0.3) is 0 Å². The van der Waals surface area contributed by atoms with Gasteiger partial charge < -0.3 is 14.5 Å². The maximum Gasteiger partial charge on any atom is 0.228 e. The Morgan fingerprint density at radius 2 is 1.94 bits per heavy atom. The van der Waals surface area contributed by atoms with Crippen LogP contribution in [0.25, 0.3) is 0 Å². The van der Waals surface area contributed by atoms with Crippen LogP contribution in [0.15, 0.2) is 0 Å². The van der Waals surface area contributed by atoms with Gasteiger partial charge in [-0.05, 0) is 44.7 Å². The molecular formula is C14H24N2O2. The maximum absolute atomic E-state index is 12.3. The number of nitrogens with zero attached hydrogens (tertiary/aromatic N) is 2. The molecule has 3 aliphatic rings. The summed E-state index contributed by atoms with van der Waals surface area (Å²) in [7, 11) is 2.21. The summed E-state index contributed by atoms with van der Waals surface area (Å²) in [5.41, 5.74) is 0.512. The number of hydrogen-bond donors (Lipinski definition) is 0. The summed E-state index contributed by atoms with van der Waals surface area (Å²) in [4.78, 5) is 16.8. The second-order valence-electron chi connectivity index (χ2n) is 6.37. The molecule has 3 rings (SSSR count). The lowest BCUT2D eigenvalue weighted by Crippen LogP contribution is -2.46. The van der Waals surface area contributed by atoms with Crippen molar-refractivity contribution in [2.24, 2.45) is 11.3 Å². The molecule has 0 N–H and O–H groups in total. The van der Waals surface area contributed by atoms with Crippen molar-refractivity contribution in [3.05, 3.63) is 0 Å². The molecule has 0 aliphatic carbocycles. The first kappa shape index (κ1) is 12.4. The third-order valence-corrected chi connectivity index (χ3v) is 5.04. The van der Waals surface area contributed by atoms with Crippen LogP contribution in [-0.4, -0.2) is 62.1 Å². The monoisotopic (exact) mass is 252 g/mol. The van der Waals surface area contributed by atoms with Crippen molar-refractivity contribution >= 4 is 5.91 Å². The Bertz CT molecular complexity index is 318. The highest BCUT2D eigenvalue weighted by Gasteiger charge is 2.41. The third-order valence-electron chi connectivity index (χ3n) is 5.04. The van der Waals surface area contributed by atoms with Crippen molar-refractivity contribution < 1.29 is 9.53 Å². The molecule has 3 saturated heterocycles. The molecule has 1 unspecified atom stereocenters. The van der Waals surface area contributed by atoms with Gasteiger partial charge in [-0.1, -0.05) is 0 Å². The first-order valence-electron chi connectivity index (χ1n) is 7.24. The first-order valence-corrected chi connectivity index (χ1v) is 7.24. The molecule has 1 amide bonds. The quantitative estimate of drug-likeness (QED) is 0.697. The molecule has 0 aromatic heterocycles. The normalized spacial score (nSPS) is 32.3. The van der Waals surface area contributed by atoms with Gasteiger partial charge in [0.1, 0.15) is 0 Å². The number of rotatable bonds is 1. The Balaban J connectivity index is 1.55. The van der Waals surface area contributed by atoms with E-state index in [1.807, 2.05) is 0 Å². The van der Waals surface area contributed by atoms with E-state index in [4.69, 9.17) is 4.74 Å². The molecule has 0 bridgehead atoms. The smallest absolute Gasteiger partial charge is 0.228 e. The van der Waals surface area contributed by atoms with Crippen LogP contribution in [0.1, 0.15) is 25.7 Å². The number of likely N-dealkylation sites (tertiary alicyclic amines) is 2. The van der Waals surface area contributed by atoms with Gasteiger partial charge in [-0.25, -0.2) is 0 Å². The summed E-state index contributed by atoms with van der Waals surface area (Å²) in [5, 5.41) is 0. The highest BCUT2D eigenvalue weighted by Crippen LogP contribution is 2.40. The molecule has 4 nitrogen and oxygen atoms in total. The number of amides is 1. The summed E-state index contributed by atoms with van der Waals surface area (Å²) < 4.78 is 5.32. The van der Waals surface area contributed by atoms with E-state index < -0.39 is 0 Å². The second-order valence-corrected chi connectivity index (χ2v) is 6.37. The van der Waals surface area contributed by atoms with Crippen LogP contribution in [0.4, 0.5) is 0 Å². The standard InChI is InChI=1S/C14H24N2O2/c1-15-6-3-14(11-15)4-7-16(8-5-14)13(17)12-2-9-18-10-12/h12H,2-11H2,1H3. The SMILES string of the molecule is CN1CCC2(CCN(C(=O)C3CCOC3)CC2)C1. The highest BCUT2D eigenvalue weighted by atomic mass is 16.5. The highest BCUT2D eigenvalue weighted by molar-refractivity contribution is 5.79. The van der Waals surface area contributed by atoms with Crippen molar-refractivity contribution in [1.82, 2.24) is 9.80 Å². The predicted octanol–water partition coefficient (Wildman–Crippen LogP) is 0.967. The largest absolute Gasteiger partial charge is 0.381 e. The maximum atomic E-state index is 12.3. The second kappa shape index (κ2) is 4.82. The lowest BCUT2D eigenvalue weighted by molar-refractivity contribution is -0.137. The van der Waals surface area contributed by atoms with Crippen LogP contribution < -0.4 is 0 Å². The minimum absolute atomic E-state index is 0.144. The van der Waals surface area contributed by atoms with Crippen molar-refractivity contribution in [3.63, 3.8) is 0 Å². The molecule has 4 heteroatoms. The molecule has 0 radical (unpaired) electrons. The van der Waals surface area contributed by atoms with Gasteiger partial charge in [0.05, 0.1) is 12.5 Å². The zero-order chi connectivity index (χ0) is 12.6. The summed E-state index contributed by atoms with van der Waals surface area (Å²) in [6.07, 6.45) is 4.62. The van der Waals surface area contributed by atoms with E-state index in [0.29, 0.717) is 17.9 Å². The summed E-state index contributed by atoms with van der Waals surface area (Å²) in [6, 6.07) is 0. The molecule has 102 valence electrons. The molecule has 1 atom stereocenters.